The van der Waals surface area contributed by atoms with Gasteiger partial charge in [0.15, 0.2) is 5.03 Å². The summed E-state index contributed by atoms with van der Waals surface area (Å²) in [7, 11) is 1.55. The second kappa shape index (κ2) is 5.69. The maximum atomic E-state index is 11.2. The van der Waals surface area contributed by atoms with Crippen LogP contribution in [-0.2, 0) is 22.0 Å². The Hall–Kier alpha value is -0.810. The van der Waals surface area contributed by atoms with Gasteiger partial charge < -0.3 is 4.57 Å². The lowest BCUT2D eigenvalue weighted by molar-refractivity contribution is 0.606. The average Bonchev–Trinajstić information content (AvgIpc) is 2.58. The van der Waals surface area contributed by atoms with Gasteiger partial charge in [-0.1, -0.05) is 18.6 Å². The summed E-state index contributed by atoms with van der Waals surface area (Å²) in [4.78, 5) is 4.06. The van der Waals surface area contributed by atoms with E-state index in [0.717, 1.165) is 18.7 Å². The minimum Gasteiger partial charge on any atom is -0.330 e. The van der Waals surface area contributed by atoms with E-state index in [2.05, 4.69) is 4.98 Å². The zero-order chi connectivity index (χ0) is 13.1. The number of halogens is 1. The van der Waals surface area contributed by atoms with Crippen molar-refractivity contribution in [3.63, 3.8) is 0 Å². The summed E-state index contributed by atoms with van der Waals surface area (Å²) in [6, 6.07) is 0. The van der Waals surface area contributed by atoms with Crippen LogP contribution in [0.1, 0.15) is 33.0 Å². The van der Waals surface area contributed by atoms with Crippen LogP contribution in [0.2, 0.25) is 0 Å². The molecule has 96 valence electrons. The normalized spacial score (nSPS) is 11.5. The fraction of sp³-hybridized carbons (Fsp3) is 0.545. The van der Waals surface area contributed by atoms with Crippen LogP contribution in [0, 0.1) is 0 Å². The molecule has 0 bridgehead atoms. The van der Waals surface area contributed by atoms with Crippen molar-refractivity contribution >= 4 is 19.7 Å². The van der Waals surface area contributed by atoms with Crippen LogP contribution in [0.15, 0.2) is 22.9 Å². The lowest BCUT2D eigenvalue weighted by Gasteiger charge is -2.03. The van der Waals surface area contributed by atoms with Gasteiger partial charge in [0.1, 0.15) is 5.82 Å². The van der Waals surface area contributed by atoms with Crippen molar-refractivity contribution in [1.82, 2.24) is 9.55 Å². The molecule has 0 aliphatic heterocycles. The third-order valence-electron chi connectivity index (χ3n) is 2.26. The number of hydrogen-bond acceptors (Lipinski definition) is 3. The van der Waals surface area contributed by atoms with E-state index in [4.69, 9.17) is 10.7 Å². The molecule has 0 aliphatic rings. The Balaban J connectivity index is 3.09. The minimum atomic E-state index is -3.74. The molecule has 0 spiro atoms. The van der Waals surface area contributed by atoms with Gasteiger partial charge in [0.05, 0.1) is 0 Å². The Labute approximate surface area is 107 Å². The smallest absolute Gasteiger partial charge is 0.280 e. The molecule has 0 aliphatic carbocycles. The highest BCUT2D eigenvalue weighted by atomic mass is 35.7. The predicted molar refractivity (Wildman–Crippen MR) is 68.7 cm³/mol. The van der Waals surface area contributed by atoms with Crippen LogP contribution in [0.5, 0.6) is 0 Å². The highest BCUT2D eigenvalue weighted by molar-refractivity contribution is 8.13. The molecule has 17 heavy (non-hydrogen) atoms. The molecule has 0 aromatic carbocycles. The van der Waals surface area contributed by atoms with E-state index in [-0.39, 0.29) is 5.03 Å². The molecule has 1 aromatic rings. The van der Waals surface area contributed by atoms with Crippen molar-refractivity contribution in [2.75, 3.05) is 0 Å². The van der Waals surface area contributed by atoms with Crippen LogP contribution < -0.4 is 0 Å². The van der Waals surface area contributed by atoms with E-state index in [1.54, 1.807) is 0 Å². The number of imidazole rings is 1. The fourth-order valence-corrected chi connectivity index (χ4v) is 2.10. The Morgan fingerprint density at radius 3 is 2.65 bits per heavy atom. The standard InChI is InChI=1S/C11H17ClN2O2S/c1-4-5-10-13-11(17(12,15)16)8-14(10)7-6-9(2)3/h6,8H,4-5,7H2,1-3H3. The summed E-state index contributed by atoms with van der Waals surface area (Å²) < 4.78 is 24.3. The SMILES string of the molecule is CCCc1nc(S(=O)(=O)Cl)cn1CC=C(C)C. The molecule has 4 nitrogen and oxygen atoms in total. The molecule has 0 saturated heterocycles. The van der Waals surface area contributed by atoms with Crippen molar-refractivity contribution < 1.29 is 8.42 Å². The molecule has 0 atom stereocenters. The van der Waals surface area contributed by atoms with Gasteiger partial charge in [0.2, 0.25) is 0 Å². The highest BCUT2D eigenvalue weighted by Gasteiger charge is 2.16. The lowest BCUT2D eigenvalue weighted by atomic mass is 10.3. The fourth-order valence-electron chi connectivity index (χ4n) is 1.41. The monoisotopic (exact) mass is 276 g/mol. The molecule has 1 heterocycles. The largest absolute Gasteiger partial charge is 0.330 e. The van der Waals surface area contributed by atoms with Gasteiger partial charge in [-0.2, -0.15) is 0 Å². The quantitative estimate of drug-likeness (QED) is 0.614. The molecule has 1 aromatic heterocycles. The van der Waals surface area contributed by atoms with Crippen LogP contribution >= 0.6 is 10.7 Å². The third-order valence-corrected chi connectivity index (χ3v) is 3.43. The molecule has 1 rings (SSSR count). The lowest BCUT2D eigenvalue weighted by Crippen LogP contribution is -2.01. The van der Waals surface area contributed by atoms with Gasteiger partial charge in [-0.3, -0.25) is 0 Å². The van der Waals surface area contributed by atoms with E-state index < -0.39 is 9.05 Å². The topological polar surface area (TPSA) is 52.0 Å². The Morgan fingerprint density at radius 1 is 1.53 bits per heavy atom. The van der Waals surface area contributed by atoms with E-state index in [9.17, 15) is 8.42 Å². The van der Waals surface area contributed by atoms with Gasteiger partial charge in [0.25, 0.3) is 9.05 Å². The first-order valence-corrected chi connectivity index (χ1v) is 7.79. The van der Waals surface area contributed by atoms with Gasteiger partial charge in [-0.05, 0) is 20.3 Å². The van der Waals surface area contributed by atoms with E-state index in [1.807, 2.05) is 31.4 Å². The average molecular weight is 277 g/mol. The van der Waals surface area contributed by atoms with Crippen molar-refractivity contribution in [3.05, 3.63) is 23.7 Å². The first kappa shape index (κ1) is 14.3. The third kappa shape index (κ3) is 4.16. The highest BCUT2D eigenvalue weighted by Crippen LogP contribution is 2.15. The van der Waals surface area contributed by atoms with Crippen LogP contribution in [0.3, 0.4) is 0 Å². The molecule has 6 heteroatoms. The van der Waals surface area contributed by atoms with Gasteiger partial charge in [-0.25, -0.2) is 13.4 Å². The zero-order valence-corrected chi connectivity index (χ0v) is 11.8. The Kier molecular flexibility index (Phi) is 4.77. The summed E-state index contributed by atoms with van der Waals surface area (Å²) in [5.74, 6) is 0.754. The van der Waals surface area contributed by atoms with Gasteiger partial charge >= 0.3 is 0 Å². The van der Waals surface area contributed by atoms with Crippen LogP contribution in [0.4, 0.5) is 0 Å². The first-order chi connectivity index (χ1) is 7.84. The molecule has 0 N–H and O–H groups in total. The molecule has 0 saturated carbocycles. The molecule has 0 amide bonds. The van der Waals surface area contributed by atoms with Crippen molar-refractivity contribution in [2.45, 2.75) is 45.2 Å². The number of rotatable bonds is 5. The van der Waals surface area contributed by atoms with Crippen molar-refractivity contribution in [3.8, 4) is 0 Å². The summed E-state index contributed by atoms with van der Waals surface area (Å²) in [6.07, 6.45) is 5.16. The summed E-state index contributed by atoms with van der Waals surface area (Å²) in [5, 5.41) is -0.0650. The van der Waals surface area contributed by atoms with Crippen LogP contribution in [-0.4, -0.2) is 18.0 Å². The number of aryl methyl sites for hydroxylation is 1. The second-order valence-corrected chi connectivity index (χ2v) is 6.63. The van der Waals surface area contributed by atoms with Gasteiger partial charge in [0, 0.05) is 29.8 Å². The van der Waals surface area contributed by atoms with E-state index in [1.165, 1.54) is 11.8 Å². The van der Waals surface area contributed by atoms with Crippen molar-refractivity contribution in [2.24, 2.45) is 0 Å². The second-order valence-electron chi connectivity index (χ2n) is 4.12. The summed E-state index contributed by atoms with van der Waals surface area (Å²) in [5.41, 5.74) is 1.18. The molecular weight excluding hydrogens is 260 g/mol. The van der Waals surface area contributed by atoms with Crippen molar-refractivity contribution in [1.29, 1.82) is 0 Å². The van der Waals surface area contributed by atoms with Gasteiger partial charge in [-0.15, -0.1) is 0 Å². The Morgan fingerprint density at radius 2 is 2.18 bits per heavy atom. The van der Waals surface area contributed by atoms with Crippen LogP contribution in [0.25, 0.3) is 0 Å². The maximum absolute atomic E-state index is 11.2. The molecule has 0 radical (unpaired) electrons. The van der Waals surface area contributed by atoms with E-state index >= 15 is 0 Å². The number of nitrogens with zero attached hydrogens (tertiary/aromatic N) is 2. The number of hydrogen-bond donors (Lipinski definition) is 0. The molecular formula is C11H17ClN2O2S. The predicted octanol–water partition coefficient (Wildman–Crippen LogP) is 2.73. The Bertz CT molecular complexity index is 514. The number of aromatic nitrogens is 2. The minimum absolute atomic E-state index is 0.0650. The molecule has 0 unspecified atom stereocenters. The zero-order valence-electron chi connectivity index (χ0n) is 10.3. The maximum Gasteiger partial charge on any atom is 0.280 e. The summed E-state index contributed by atoms with van der Waals surface area (Å²) >= 11 is 0. The number of allylic oxidation sites excluding steroid dienone is 2. The summed E-state index contributed by atoms with van der Waals surface area (Å²) in [6.45, 7) is 6.64. The molecule has 0 fully saturated rings. The van der Waals surface area contributed by atoms with E-state index in [0.29, 0.717) is 6.54 Å². The first-order valence-electron chi connectivity index (χ1n) is 5.48.